The van der Waals surface area contributed by atoms with Gasteiger partial charge in [0, 0.05) is 5.92 Å². The van der Waals surface area contributed by atoms with Gasteiger partial charge in [0.15, 0.2) is 0 Å². The molecule has 1 heterocycles. The molecule has 0 amide bonds. The zero-order valence-corrected chi connectivity index (χ0v) is 12.3. The van der Waals surface area contributed by atoms with Crippen molar-refractivity contribution in [1.29, 1.82) is 0 Å². The molecule has 0 N–H and O–H groups in total. The van der Waals surface area contributed by atoms with Crippen LogP contribution in [0.2, 0.25) is 5.28 Å². The van der Waals surface area contributed by atoms with Crippen LogP contribution >= 0.6 is 11.6 Å². The highest BCUT2D eigenvalue weighted by Gasteiger charge is 2.15. The Morgan fingerprint density at radius 1 is 1.05 bits per heavy atom. The maximum atomic E-state index is 6.11. The Bertz CT molecular complexity index is 546. The largest absolute Gasteiger partial charge is 0.491 e. The summed E-state index contributed by atoms with van der Waals surface area (Å²) in [5.41, 5.74) is 0.940. The number of hydrogen-bond acceptors (Lipinski definition) is 3. The summed E-state index contributed by atoms with van der Waals surface area (Å²) in [7, 11) is 0. The van der Waals surface area contributed by atoms with Gasteiger partial charge in [0.25, 0.3) is 0 Å². The predicted molar refractivity (Wildman–Crippen MR) is 76.2 cm³/mol. The van der Waals surface area contributed by atoms with Crippen LogP contribution in [0.4, 0.5) is 0 Å². The summed E-state index contributed by atoms with van der Waals surface area (Å²) < 4.78 is 7.47. The maximum absolute atomic E-state index is 6.11. The van der Waals surface area contributed by atoms with Gasteiger partial charge in [-0.05, 0) is 49.7 Å². The molecule has 102 valence electrons. The Hall–Kier alpha value is -1.55. The molecule has 0 saturated heterocycles. The van der Waals surface area contributed by atoms with Crippen molar-refractivity contribution in [2.24, 2.45) is 0 Å². The van der Waals surface area contributed by atoms with Gasteiger partial charge in [-0.3, -0.25) is 4.57 Å². The maximum Gasteiger partial charge on any atom is 0.229 e. The number of ether oxygens (including phenoxy) is 1. The molecule has 0 aliphatic carbocycles. The highest BCUT2D eigenvalue weighted by molar-refractivity contribution is 6.28. The van der Waals surface area contributed by atoms with Crippen LogP contribution in [0, 0.1) is 0 Å². The van der Waals surface area contributed by atoms with E-state index in [0.717, 1.165) is 17.3 Å². The molecule has 19 heavy (non-hydrogen) atoms. The second-order valence-corrected chi connectivity index (χ2v) is 5.32. The van der Waals surface area contributed by atoms with Gasteiger partial charge in [0.2, 0.25) is 5.28 Å². The van der Waals surface area contributed by atoms with Crippen molar-refractivity contribution >= 4 is 11.6 Å². The third kappa shape index (κ3) is 3.07. The monoisotopic (exact) mass is 279 g/mol. The number of aromatic nitrogens is 3. The summed E-state index contributed by atoms with van der Waals surface area (Å²) in [6.07, 6.45) is 0.163. The summed E-state index contributed by atoms with van der Waals surface area (Å²) in [4.78, 5) is 0. The summed E-state index contributed by atoms with van der Waals surface area (Å²) in [5, 5.41) is 8.42. The zero-order chi connectivity index (χ0) is 14.0. The minimum absolute atomic E-state index is 0.163. The topological polar surface area (TPSA) is 39.9 Å². The Morgan fingerprint density at radius 3 is 2.21 bits per heavy atom. The van der Waals surface area contributed by atoms with Crippen molar-refractivity contribution in [2.75, 3.05) is 0 Å². The smallest absolute Gasteiger partial charge is 0.229 e. The molecule has 0 unspecified atom stereocenters. The highest BCUT2D eigenvalue weighted by atomic mass is 35.5. The van der Waals surface area contributed by atoms with Gasteiger partial charge in [0.05, 0.1) is 11.8 Å². The molecule has 0 saturated carbocycles. The van der Waals surface area contributed by atoms with E-state index in [1.54, 1.807) is 0 Å². The quantitative estimate of drug-likeness (QED) is 0.854. The molecule has 0 atom stereocenters. The minimum Gasteiger partial charge on any atom is -0.491 e. The predicted octanol–water partition coefficient (Wildman–Crippen LogP) is 3.83. The van der Waals surface area contributed by atoms with Gasteiger partial charge in [-0.1, -0.05) is 13.8 Å². The standard InChI is InChI=1S/C14H18ClN3O/c1-9(2)13-16-17-14(15)18(13)11-5-7-12(8-6-11)19-10(3)4/h5-10H,1-4H3. The molecule has 2 aromatic rings. The lowest BCUT2D eigenvalue weighted by Gasteiger charge is -2.12. The van der Waals surface area contributed by atoms with Crippen LogP contribution in [0.25, 0.3) is 5.69 Å². The molecule has 1 aromatic carbocycles. The Kier molecular flexibility index (Phi) is 4.10. The van der Waals surface area contributed by atoms with E-state index in [4.69, 9.17) is 16.3 Å². The second-order valence-electron chi connectivity index (χ2n) is 4.98. The first-order chi connectivity index (χ1) is 8.99. The SMILES string of the molecule is CC(C)Oc1ccc(-n2c(Cl)nnc2C(C)C)cc1. The van der Waals surface area contributed by atoms with Crippen molar-refractivity contribution in [1.82, 2.24) is 14.8 Å². The second kappa shape index (κ2) is 5.61. The normalized spacial score (nSPS) is 11.3. The molecule has 1 aromatic heterocycles. The third-order valence-electron chi connectivity index (χ3n) is 2.63. The van der Waals surface area contributed by atoms with Gasteiger partial charge in [-0.2, -0.15) is 0 Å². The number of nitrogens with zero attached hydrogens (tertiary/aromatic N) is 3. The molecule has 0 spiro atoms. The van der Waals surface area contributed by atoms with Crippen molar-refractivity contribution < 1.29 is 4.74 Å². The number of rotatable bonds is 4. The average molecular weight is 280 g/mol. The van der Waals surface area contributed by atoms with E-state index in [0.29, 0.717) is 5.28 Å². The summed E-state index contributed by atoms with van der Waals surface area (Å²) in [6.45, 7) is 8.13. The number of hydrogen-bond donors (Lipinski definition) is 0. The fourth-order valence-electron chi connectivity index (χ4n) is 1.83. The molecular formula is C14H18ClN3O. The van der Waals surface area contributed by atoms with E-state index in [-0.39, 0.29) is 12.0 Å². The van der Waals surface area contributed by atoms with Gasteiger partial charge < -0.3 is 4.74 Å². The lowest BCUT2D eigenvalue weighted by atomic mass is 10.2. The Balaban J connectivity index is 2.34. The van der Waals surface area contributed by atoms with Gasteiger partial charge in [-0.25, -0.2) is 0 Å². The molecule has 5 heteroatoms. The molecular weight excluding hydrogens is 262 g/mol. The van der Waals surface area contributed by atoms with E-state index >= 15 is 0 Å². The van der Waals surface area contributed by atoms with Crippen molar-refractivity contribution in [3.05, 3.63) is 35.4 Å². The van der Waals surface area contributed by atoms with E-state index in [1.165, 1.54) is 0 Å². The van der Waals surface area contributed by atoms with Crippen molar-refractivity contribution in [2.45, 2.75) is 39.7 Å². The first-order valence-corrected chi connectivity index (χ1v) is 6.74. The molecule has 0 fully saturated rings. The van der Waals surface area contributed by atoms with E-state index in [9.17, 15) is 0 Å². The number of halogens is 1. The summed E-state index contributed by atoms with van der Waals surface area (Å²) >= 11 is 6.11. The fourth-order valence-corrected chi connectivity index (χ4v) is 2.06. The van der Waals surface area contributed by atoms with Crippen LogP contribution in [0.5, 0.6) is 5.75 Å². The van der Waals surface area contributed by atoms with Crippen molar-refractivity contribution in [3.8, 4) is 11.4 Å². The van der Waals surface area contributed by atoms with E-state index < -0.39 is 0 Å². The zero-order valence-electron chi connectivity index (χ0n) is 11.6. The van der Waals surface area contributed by atoms with E-state index in [2.05, 4.69) is 24.0 Å². The van der Waals surface area contributed by atoms with Crippen LogP contribution in [-0.4, -0.2) is 20.9 Å². The van der Waals surface area contributed by atoms with Crippen LogP contribution in [0.3, 0.4) is 0 Å². The van der Waals surface area contributed by atoms with Crippen LogP contribution in [0.1, 0.15) is 39.4 Å². The third-order valence-corrected chi connectivity index (χ3v) is 2.88. The van der Waals surface area contributed by atoms with Gasteiger partial charge in [-0.15, -0.1) is 10.2 Å². The summed E-state index contributed by atoms with van der Waals surface area (Å²) in [6, 6.07) is 7.77. The molecule has 0 radical (unpaired) electrons. The Labute approximate surface area is 118 Å². The summed E-state index contributed by atoms with van der Waals surface area (Å²) in [5.74, 6) is 1.95. The average Bonchev–Trinajstić information content (AvgIpc) is 2.71. The molecule has 4 nitrogen and oxygen atoms in total. The lowest BCUT2D eigenvalue weighted by Crippen LogP contribution is -2.06. The minimum atomic E-state index is 0.163. The van der Waals surface area contributed by atoms with Gasteiger partial charge in [0.1, 0.15) is 11.6 Å². The van der Waals surface area contributed by atoms with Gasteiger partial charge >= 0.3 is 0 Å². The molecule has 2 rings (SSSR count). The number of benzene rings is 1. The molecule has 0 bridgehead atoms. The fraction of sp³-hybridized carbons (Fsp3) is 0.429. The van der Waals surface area contributed by atoms with E-state index in [1.807, 2.05) is 42.7 Å². The first kappa shape index (κ1) is 13.9. The molecule has 0 aliphatic heterocycles. The van der Waals surface area contributed by atoms with Crippen LogP contribution in [0.15, 0.2) is 24.3 Å². The molecule has 0 aliphatic rings. The van der Waals surface area contributed by atoms with Crippen molar-refractivity contribution in [3.63, 3.8) is 0 Å². The lowest BCUT2D eigenvalue weighted by molar-refractivity contribution is 0.242. The van der Waals surface area contributed by atoms with Crippen LogP contribution < -0.4 is 4.74 Å². The Morgan fingerprint density at radius 2 is 1.68 bits per heavy atom. The first-order valence-electron chi connectivity index (χ1n) is 6.37. The highest BCUT2D eigenvalue weighted by Crippen LogP contribution is 2.24. The van der Waals surface area contributed by atoms with Crippen LogP contribution in [-0.2, 0) is 0 Å².